The molecule has 0 saturated heterocycles. The van der Waals surface area contributed by atoms with Crippen LogP contribution in [0.2, 0.25) is 0 Å². The van der Waals surface area contributed by atoms with Crippen LogP contribution in [0.4, 0.5) is 33.6 Å². The Morgan fingerprint density at radius 2 is 1.82 bits per heavy atom. The predicted molar refractivity (Wildman–Crippen MR) is 172 cm³/mol. The number of amides is 3. The van der Waals surface area contributed by atoms with Crippen LogP contribution in [0.5, 0.6) is 0 Å². The number of hydrogen-bond donors (Lipinski definition) is 3. The van der Waals surface area contributed by atoms with Crippen molar-refractivity contribution in [2.24, 2.45) is 5.10 Å². The summed E-state index contributed by atoms with van der Waals surface area (Å²) >= 11 is 0. The quantitative estimate of drug-likeness (QED) is 0.127. The minimum absolute atomic E-state index is 0.0414. The van der Waals surface area contributed by atoms with Crippen molar-refractivity contribution >= 4 is 35.6 Å². The Balaban J connectivity index is 0.000000592. The number of allylic oxidation sites excluding steroid dienone is 1. The Labute approximate surface area is 277 Å². The molecule has 16 heteroatoms. The lowest BCUT2D eigenvalue weighted by atomic mass is 10.1. The number of carbonyl (C=O) groups is 3. The van der Waals surface area contributed by atoms with Gasteiger partial charge in [0.2, 0.25) is 11.7 Å². The number of pyridine rings is 1. The van der Waals surface area contributed by atoms with Crippen LogP contribution in [-0.2, 0) is 24.1 Å². The number of halogens is 5. The highest BCUT2D eigenvalue weighted by atomic mass is 19.4. The summed E-state index contributed by atoms with van der Waals surface area (Å²) in [5, 5.41) is 13.2. The summed E-state index contributed by atoms with van der Waals surface area (Å²) in [6, 6.07) is 10.3. The molecular formula is C33H31F5N8O3. The van der Waals surface area contributed by atoms with E-state index in [-0.39, 0.29) is 42.3 Å². The first-order chi connectivity index (χ1) is 23.2. The molecule has 1 atom stereocenters. The van der Waals surface area contributed by atoms with E-state index in [0.717, 1.165) is 5.56 Å². The second-order valence-corrected chi connectivity index (χ2v) is 10.7. The summed E-state index contributed by atoms with van der Waals surface area (Å²) in [7, 11) is 1.70. The molecule has 2 aromatic carbocycles. The summed E-state index contributed by atoms with van der Waals surface area (Å²) in [6.07, 6.45) is -0.328. The number of fused-ring (bicyclic) bond motifs is 1. The number of alkyl halides is 3. The molecule has 2 aromatic heterocycles. The van der Waals surface area contributed by atoms with Crippen molar-refractivity contribution in [1.29, 1.82) is 0 Å². The maximum atomic E-state index is 13.9. The number of hydrazone groups is 1. The van der Waals surface area contributed by atoms with E-state index in [1.165, 1.54) is 47.1 Å². The number of benzene rings is 2. The van der Waals surface area contributed by atoms with Gasteiger partial charge in [-0.3, -0.25) is 19.4 Å². The molecule has 0 radical (unpaired) electrons. The molecule has 5 rings (SSSR count). The van der Waals surface area contributed by atoms with Gasteiger partial charge in [-0.15, -0.1) is 0 Å². The second-order valence-electron chi connectivity index (χ2n) is 10.7. The minimum Gasteiger partial charge on any atom is -0.349 e. The molecule has 49 heavy (non-hydrogen) atoms. The Hall–Kier alpha value is -5.93. The monoisotopic (exact) mass is 682 g/mol. The Morgan fingerprint density at radius 3 is 2.43 bits per heavy atom. The maximum absolute atomic E-state index is 13.9. The van der Waals surface area contributed by atoms with Crippen molar-refractivity contribution in [3.8, 4) is 0 Å². The zero-order valence-corrected chi connectivity index (χ0v) is 26.5. The highest BCUT2D eigenvalue weighted by Gasteiger charge is 2.34. The Morgan fingerprint density at radius 1 is 1.10 bits per heavy atom. The van der Waals surface area contributed by atoms with Gasteiger partial charge in [0.05, 0.1) is 17.8 Å². The zero-order chi connectivity index (χ0) is 35.9. The minimum atomic E-state index is -4.87. The number of carbonyl (C=O) groups excluding carboxylic acids is 3. The van der Waals surface area contributed by atoms with Crippen LogP contribution in [-0.4, -0.2) is 45.5 Å². The highest BCUT2D eigenvalue weighted by molar-refractivity contribution is 6.05. The molecule has 3 amide bonds. The average molecular weight is 683 g/mol. The highest BCUT2D eigenvalue weighted by Crippen LogP contribution is 2.31. The first-order valence-corrected chi connectivity index (χ1v) is 14.6. The van der Waals surface area contributed by atoms with E-state index in [9.17, 15) is 36.3 Å². The van der Waals surface area contributed by atoms with Gasteiger partial charge in [-0.1, -0.05) is 30.3 Å². The van der Waals surface area contributed by atoms with Gasteiger partial charge in [-0.25, -0.2) is 18.7 Å². The lowest BCUT2D eigenvalue weighted by Crippen LogP contribution is -2.39. The van der Waals surface area contributed by atoms with Crippen molar-refractivity contribution < 1.29 is 36.3 Å². The van der Waals surface area contributed by atoms with Crippen LogP contribution in [0.1, 0.15) is 56.3 Å². The molecule has 1 aliphatic heterocycles. The largest absolute Gasteiger partial charge is 0.416 e. The SMILES string of the molecule is C=C/C=N\N(C)c1ccc(CNC(=O)c2nc(NC(=O)c3cc(F)cc(C(F)(F)F)c3)c3n2C(C)C(=O)NC3)cn1.Cc1ccc(F)cc1. The number of rotatable bonds is 8. The maximum Gasteiger partial charge on any atom is 0.416 e. The number of aryl methyl sites for hydroxylation is 1. The summed E-state index contributed by atoms with van der Waals surface area (Å²) in [5.41, 5.74) is 0.0203. The number of aromatic nitrogens is 3. The van der Waals surface area contributed by atoms with Gasteiger partial charge in [0.25, 0.3) is 11.8 Å². The fraction of sp³-hybridized carbons (Fsp3) is 0.212. The van der Waals surface area contributed by atoms with E-state index < -0.39 is 46.9 Å². The standard InChI is InChI=1S/C26H24F4N8O3.C7H7F/c1-4-7-34-37(3)20-6-5-15(11-31-20)12-32-25(41)22-35-21(19-13-33-23(39)14(2)38(19)22)36-24(40)16-8-17(26(28,29)30)10-18(27)9-16;1-6-2-4-7(8)5-3-6/h4-11,14H,1,12-13H2,2-3H3,(H,32,41)(H,33,39)(H,36,40);2-5H,1H3/b34-7-;. The number of anilines is 2. The molecule has 11 nitrogen and oxygen atoms in total. The number of hydrogen-bond acceptors (Lipinski definition) is 7. The molecule has 256 valence electrons. The molecule has 0 saturated carbocycles. The van der Waals surface area contributed by atoms with Crippen molar-refractivity contribution in [2.75, 3.05) is 17.4 Å². The molecular weight excluding hydrogens is 651 g/mol. The topological polar surface area (TPSA) is 134 Å². The number of imidazole rings is 1. The van der Waals surface area contributed by atoms with Gasteiger partial charge in [0, 0.05) is 31.6 Å². The van der Waals surface area contributed by atoms with Gasteiger partial charge in [-0.05, 0) is 61.9 Å². The number of nitrogens with zero attached hydrogens (tertiary/aromatic N) is 5. The summed E-state index contributed by atoms with van der Waals surface area (Å²) in [5.74, 6) is -3.44. The molecule has 0 fully saturated rings. The van der Waals surface area contributed by atoms with Crippen molar-refractivity contribution in [2.45, 2.75) is 39.2 Å². The van der Waals surface area contributed by atoms with Gasteiger partial charge in [-0.2, -0.15) is 18.3 Å². The lowest BCUT2D eigenvalue weighted by Gasteiger charge is -2.24. The van der Waals surface area contributed by atoms with Crippen molar-refractivity contribution in [1.82, 2.24) is 25.2 Å². The van der Waals surface area contributed by atoms with Crippen LogP contribution in [0.3, 0.4) is 0 Å². The zero-order valence-electron chi connectivity index (χ0n) is 26.5. The molecule has 3 N–H and O–H groups in total. The summed E-state index contributed by atoms with van der Waals surface area (Å²) in [6.45, 7) is 6.91. The van der Waals surface area contributed by atoms with Crippen LogP contribution in [0.25, 0.3) is 0 Å². The van der Waals surface area contributed by atoms with Gasteiger partial charge in [0.15, 0.2) is 5.82 Å². The lowest BCUT2D eigenvalue weighted by molar-refractivity contribution is -0.137. The van der Waals surface area contributed by atoms with Crippen molar-refractivity contribution in [3.63, 3.8) is 0 Å². The smallest absolute Gasteiger partial charge is 0.349 e. The normalized spacial score (nSPS) is 13.9. The molecule has 1 unspecified atom stereocenters. The average Bonchev–Trinajstić information content (AvgIpc) is 3.44. The Bertz CT molecular complexity index is 1850. The van der Waals surface area contributed by atoms with Crippen LogP contribution >= 0.6 is 0 Å². The third kappa shape index (κ3) is 9.12. The van der Waals surface area contributed by atoms with E-state index in [4.69, 9.17) is 0 Å². The van der Waals surface area contributed by atoms with Crippen LogP contribution in [0, 0.1) is 18.6 Å². The fourth-order valence-electron chi connectivity index (χ4n) is 4.53. The number of nitrogens with one attached hydrogen (secondary N) is 3. The first-order valence-electron chi connectivity index (χ1n) is 14.6. The Kier molecular flexibility index (Phi) is 11.2. The third-order valence-electron chi connectivity index (χ3n) is 7.08. The first kappa shape index (κ1) is 35.9. The van der Waals surface area contributed by atoms with Gasteiger partial charge >= 0.3 is 6.18 Å². The van der Waals surface area contributed by atoms with Crippen LogP contribution < -0.4 is 21.0 Å². The van der Waals surface area contributed by atoms with E-state index in [0.29, 0.717) is 23.5 Å². The van der Waals surface area contributed by atoms with E-state index in [2.05, 4.69) is 37.6 Å². The second kappa shape index (κ2) is 15.3. The summed E-state index contributed by atoms with van der Waals surface area (Å²) in [4.78, 5) is 46.7. The van der Waals surface area contributed by atoms with Crippen molar-refractivity contribution in [3.05, 3.63) is 119 Å². The molecule has 0 aliphatic carbocycles. The predicted octanol–water partition coefficient (Wildman–Crippen LogP) is 5.55. The van der Waals surface area contributed by atoms with Crippen LogP contribution in [0.15, 0.2) is 78.6 Å². The molecule has 0 spiro atoms. The molecule has 3 heterocycles. The van der Waals surface area contributed by atoms with E-state index in [1.807, 2.05) is 6.92 Å². The molecule has 0 bridgehead atoms. The van der Waals surface area contributed by atoms with Gasteiger partial charge < -0.3 is 20.5 Å². The fourth-order valence-corrected chi connectivity index (χ4v) is 4.53. The van der Waals surface area contributed by atoms with Gasteiger partial charge in [0.1, 0.15) is 23.5 Å². The molecule has 4 aromatic rings. The van der Waals surface area contributed by atoms with E-state index >= 15 is 0 Å². The summed E-state index contributed by atoms with van der Waals surface area (Å²) < 4.78 is 66.6. The third-order valence-corrected chi connectivity index (χ3v) is 7.08. The molecule has 1 aliphatic rings. The van der Waals surface area contributed by atoms with E-state index in [1.54, 1.807) is 31.3 Å².